The summed E-state index contributed by atoms with van der Waals surface area (Å²) in [5.74, 6) is -0.774. The van der Waals surface area contributed by atoms with Gasteiger partial charge in [-0.2, -0.15) is 0 Å². The number of carboxylic acid groups (broad SMARTS) is 1. The van der Waals surface area contributed by atoms with E-state index in [1.807, 2.05) is 6.07 Å². The average Bonchev–Trinajstić information content (AvgIpc) is 2.43. The highest BCUT2D eigenvalue weighted by Gasteiger charge is 2.42. The Hall–Kier alpha value is -1.97. The van der Waals surface area contributed by atoms with Crippen LogP contribution in [0.25, 0.3) is 6.08 Å². The van der Waals surface area contributed by atoms with Crippen molar-refractivity contribution in [2.24, 2.45) is 0 Å². The van der Waals surface area contributed by atoms with Crippen molar-refractivity contribution >= 4 is 17.7 Å². The van der Waals surface area contributed by atoms with Crippen LogP contribution < -0.4 is 4.90 Å². The van der Waals surface area contributed by atoms with E-state index in [1.54, 1.807) is 0 Å². The molecule has 0 saturated carbocycles. The lowest BCUT2D eigenvalue weighted by Crippen LogP contribution is -2.44. The van der Waals surface area contributed by atoms with E-state index in [2.05, 4.69) is 32.6 Å². The minimum atomic E-state index is -1.00. The van der Waals surface area contributed by atoms with Gasteiger partial charge in [-0.25, -0.2) is 4.79 Å². The first kappa shape index (κ1) is 15.9. The molecular formula is C19H25NO3. The summed E-state index contributed by atoms with van der Waals surface area (Å²) in [5, 5.41) is 19.8. The molecule has 0 aliphatic carbocycles. The summed E-state index contributed by atoms with van der Waals surface area (Å²) in [4.78, 5) is 13.2. The molecule has 4 nitrogen and oxygen atoms in total. The average molecular weight is 315 g/mol. The molecule has 2 aliphatic rings. The number of phenolic OH excluding ortho intramolecular Hbond substituents is 1. The van der Waals surface area contributed by atoms with Crippen molar-refractivity contribution < 1.29 is 15.0 Å². The SMILES string of the molecule is CC1(C)CCN2CCC(C)(C)c3c(O)c(/C=C/C(=O)O)cc1c32. The summed E-state index contributed by atoms with van der Waals surface area (Å²) in [6.45, 7) is 10.8. The molecule has 1 aromatic carbocycles. The van der Waals surface area contributed by atoms with Crippen molar-refractivity contribution in [2.45, 2.75) is 51.4 Å². The number of benzene rings is 1. The maximum Gasteiger partial charge on any atom is 0.328 e. The molecule has 4 heteroatoms. The Labute approximate surface area is 137 Å². The first-order chi connectivity index (χ1) is 10.6. The molecule has 2 aliphatic heterocycles. The van der Waals surface area contributed by atoms with E-state index in [0.29, 0.717) is 5.56 Å². The van der Waals surface area contributed by atoms with Crippen LogP contribution in [-0.4, -0.2) is 29.3 Å². The summed E-state index contributed by atoms with van der Waals surface area (Å²) in [6, 6.07) is 1.97. The van der Waals surface area contributed by atoms with Gasteiger partial charge in [-0.3, -0.25) is 0 Å². The van der Waals surface area contributed by atoms with E-state index in [1.165, 1.54) is 17.3 Å². The molecule has 0 spiro atoms. The van der Waals surface area contributed by atoms with E-state index >= 15 is 0 Å². The van der Waals surface area contributed by atoms with Gasteiger partial charge in [0.05, 0.1) is 0 Å². The summed E-state index contributed by atoms with van der Waals surface area (Å²) in [7, 11) is 0. The molecule has 1 aromatic rings. The molecule has 0 radical (unpaired) electrons. The van der Waals surface area contributed by atoms with Crippen molar-refractivity contribution in [1.82, 2.24) is 0 Å². The second kappa shape index (κ2) is 5.02. The Balaban J connectivity index is 2.31. The van der Waals surface area contributed by atoms with E-state index in [-0.39, 0.29) is 16.6 Å². The molecule has 0 amide bonds. The summed E-state index contributed by atoms with van der Waals surface area (Å²) < 4.78 is 0. The van der Waals surface area contributed by atoms with Crippen LogP contribution in [0.3, 0.4) is 0 Å². The summed E-state index contributed by atoms with van der Waals surface area (Å²) >= 11 is 0. The molecule has 23 heavy (non-hydrogen) atoms. The zero-order valence-electron chi connectivity index (χ0n) is 14.3. The van der Waals surface area contributed by atoms with Gasteiger partial charge in [0.2, 0.25) is 0 Å². The van der Waals surface area contributed by atoms with Gasteiger partial charge in [0.15, 0.2) is 0 Å². The van der Waals surface area contributed by atoms with Crippen LogP contribution in [0.4, 0.5) is 5.69 Å². The lowest BCUT2D eigenvalue weighted by atomic mass is 9.68. The lowest BCUT2D eigenvalue weighted by molar-refractivity contribution is -0.131. The Morgan fingerprint density at radius 1 is 1.17 bits per heavy atom. The first-order valence-corrected chi connectivity index (χ1v) is 8.20. The highest BCUT2D eigenvalue weighted by Crippen LogP contribution is 2.53. The van der Waals surface area contributed by atoms with E-state index in [0.717, 1.165) is 37.6 Å². The second-order valence-corrected chi connectivity index (χ2v) is 8.01. The van der Waals surface area contributed by atoms with Crippen molar-refractivity contribution in [3.8, 4) is 5.75 Å². The molecule has 0 unspecified atom stereocenters. The third kappa shape index (κ3) is 2.50. The molecule has 3 rings (SSSR count). The number of hydrogen-bond donors (Lipinski definition) is 2. The molecule has 124 valence electrons. The maximum absolute atomic E-state index is 10.9. The Bertz CT molecular complexity index is 699. The minimum absolute atomic E-state index is 0.0213. The zero-order valence-corrected chi connectivity index (χ0v) is 14.3. The van der Waals surface area contributed by atoms with Crippen LogP contribution in [-0.2, 0) is 15.6 Å². The van der Waals surface area contributed by atoms with E-state index in [9.17, 15) is 9.90 Å². The van der Waals surface area contributed by atoms with Gasteiger partial charge in [-0.15, -0.1) is 0 Å². The van der Waals surface area contributed by atoms with Crippen LogP contribution in [0.2, 0.25) is 0 Å². The minimum Gasteiger partial charge on any atom is -0.507 e. The van der Waals surface area contributed by atoms with Crippen LogP contribution in [0.1, 0.15) is 57.2 Å². The number of anilines is 1. The molecule has 0 atom stereocenters. The van der Waals surface area contributed by atoms with Gasteiger partial charge in [-0.1, -0.05) is 27.7 Å². The number of carboxylic acids is 1. The molecule has 2 N–H and O–H groups in total. The van der Waals surface area contributed by atoms with Gasteiger partial charge >= 0.3 is 5.97 Å². The zero-order chi connectivity index (χ0) is 17.0. The molecule has 0 bridgehead atoms. The van der Waals surface area contributed by atoms with Crippen LogP contribution in [0.5, 0.6) is 5.75 Å². The summed E-state index contributed by atoms with van der Waals surface area (Å²) in [6.07, 6.45) is 4.65. The van der Waals surface area contributed by atoms with Gasteiger partial charge < -0.3 is 15.1 Å². The number of nitrogens with zero attached hydrogens (tertiary/aromatic N) is 1. The third-order valence-corrected chi connectivity index (χ3v) is 5.44. The van der Waals surface area contributed by atoms with Crippen molar-refractivity contribution in [1.29, 1.82) is 0 Å². The maximum atomic E-state index is 10.9. The topological polar surface area (TPSA) is 60.8 Å². The number of aromatic hydroxyl groups is 1. The quantitative estimate of drug-likeness (QED) is 0.818. The van der Waals surface area contributed by atoms with Gasteiger partial charge in [0, 0.05) is 36.0 Å². The fourth-order valence-corrected chi connectivity index (χ4v) is 3.88. The Morgan fingerprint density at radius 3 is 2.39 bits per heavy atom. The Morgan fingerprint density at radius 2 is 1.78 bits per heavy atom. The molecule has 0 fully saturated rings. The standard InChI is InChI=1S/C19H25NO3/c1-18(2)7-9-20-10-8-19(3,4)15-16(20)13(18)11-12(17(15)23)5-6-14(21)22/h5-6,11,23H,7-10H2,1-4H3,(H,21,22)/b6-5+. The van der Waals surface area contributed by atoms with Crippen LogP contribution in [0.15, 0.2) is 12.1 Å². The number of aliphatic carboxylic acids is 1. The fourth-order valence-electron chi connectivity index (χ4n) is 3.88. The van der Waals surface area contributed by atoms with Crippen LogP contribution >= 0.6 is 0 Å². The monoisotopic (exact) mass is 315 g/mol. The second-order valence-electron chi connectivity index (χ2n) is 8.01. The Kier molecular flexibility index (Phi) is 3.47. The number of rotatable bonds is 2. The van der Waals surface area contributed by atoms with Crippen LogP contribution in [0, 0.1) is 0 Å². The summed E-state index contributed by atoms with van der Waals surface area (Å²) in [5.41, 5.74) is 3.86. The van der Waals surface area contributed by atoms with Crippen molar-refractivity contribution in [3.05, 3.63) is 28.8 Å². The predicted molar refractivity (Wildman–Crippen MR) is 92.3 cm³/mol. The van der Waals surface area contributed by atoms with Crippen molar-refractivity contribution in [3.63, 3.8) is 0 Å². The van der Waals surface area contributed by atoms with Crippen molar-refractivity contribution in [2.75, 3.05) is 18.0 Å². The lowest BCUT2D eigenvalue weighted by Gasteiger charge is -2.48. The first-order valence-electron chi connectivity index (χ1n) is 8.20. The van der Waals surface area contributed by atoms with E-state index in [4.69, 9.17) is 5.11 Å². The smallest absolute Gasteiger partial charge is 0.328 e. The highest BCUT2D eigenvalue weighted by atomic mass is 16.4. The van der Waals surface area contributed by atoms with Gasteiger partial charge in [-0.05, 0) is 41.4 Å². The normalized spacial score (nSPS) is 21.3. The fraction of sp³-hybridized carbons (Fsp3) is 0.526. The largest absolute Gasteiger partial charge is 0.507 e. The number of carbonyl (C=O) groups is 1. The number of hydrogen-bond acceptors (Lipinski definition) is 3. The predicted octanol–water partition coefficient (Wildman–Crippen LogP) is 3.66. The van der Waals surface area contributed by atoms with E-state index < -0.39 is 5.97 Å². The molecule has 0 aromatic heterocycles. The molecule has 0 saturated heterocycles. The third-order valence-electron chi connectivity index (χ3n) is 5.44. The molecule has 2 heterocycles. The van der Waals surface area contributed by atoms with Gasteiger partial charge in [0.1, 0.15) is 5.75 Å². The molecular weight excluding hydrogens is 290 g/mol. The number of phenols is 1. The highest BCUT2D eigenvalue weighted by molar-refractivity contribution is 5.87. The van der Waals surface area contributed by atoms with Gasteiger partial charge in [0.25, 0.3) is 0 Å².